The zero-order valence-corrected chi connectivity index (χ0v) is 17.7. The quantitative estimate of drug-likeness (QED) is 0.299. The molecule has 0 amide bonds. The van der Waals surface area contributed by atoms with Gasteiger partial charge < -0.3 is 4.43 Å². The first kappa shape index (κ1) is 21.9. The minimum atomic E-state index is -1.84. The highest BCUT2D eigenvalue weighted by molar-refractivity contribution is 8.14. The van der Waals surface area contributed by atoms with Gasteiger partial charge in [0, 0.05) is 11.2 Å². The van der Waals surface area contributed by atoms with Crippen LogP contribution in [0.3, 0.4) is 0 Å². The highest BCUT2D eigenvalue weighted by Crippen LogP contribution is 2.38. The summed E-state index contributed by atoms with van der Waals surface area (Å²) >= 11 is 1.43. The Kier molecular flexibility index (Phi) is 8.67. The van der Waals surface area contributed by atoms with E-state index in [2.05, 4.69) is 61.2 Å². The monoisotopic (exact) mass is 344 g/mol. The van der Waals surface area contributed by atoms with Crippen molar-refractivity contribution in [2.45, 2.75) is 96.2 Å². The number of carbonyl (C=O) groups is 1. The van der Waals surface area contributed by atoms with Crippen LogP contribution in [0.4, 0.5) is 0 Å². The Hall–Kier alpha value is -0.0631. The van der Waals surface area contributed by atoms with Crippen LogP contribution in [-0.4, -0.2) is 24.3 Å². The van der Waals surface area contributed by atoms with E-state index in [0.717, 1.165) is 19.3 Å². The van der Waals surface area contributed by atoms with Gasteiger partial charge in [-0.15, -0.1) is 6.58 Å². The molecule has 0 saturated carbocycles. The van der Waals surface area contributed by atoms with Gasteiger partial charge in [-0.1, -0.05) is 59.4 Å². The van der Waals surface area contributed by atoms with Crippen molar-refractivity contribution in [1.82, 2.24) is 0 Å². The number of unbranched alkanes of at least 4 members (excludes halogenated alkanes) is 1. The SMILES string of the molecule is C=CCCC[C@@H](CC(=O)SC(C)(C)C)O[Si](C)(C)C(C)(C)C. The molecule has 0 aromatic heterocycles. The smallest absolute Gasteiger partial charge is 0.192 e. The Morgan fingerprint density at radius 3 is 2.18 bits per heavy atom. The lowest BCUT2D eigenvalue weighted by Crippen LogP contribution is -2.44. The van der Waals surface area contributed by atoms with Gasteiger partial charge in [0.1, 0.15) is 0 Å². The van der Waals surface area contributed by atoms with Crippen molar-refractivity contribution in [3.05, 3.63) is 12.7 Å². The molecule has 130 valence electrons. The van der Waals surface area contributed by atoms with E-state index in [9.17, 15) is 4.79 Å². The first-order valence-electron chi connectivity index (χ1n) is 8.29. The number of hydrogen-bond acceptors (Lipinski definition) is 3. The van der Waals surface area contributed by atoms with Crippen molar-refractivity contribution < 1.29 is 9.22 Å². The molecule has 0 radical (unpaired) electrons. The van der Waals surface area contributed by atoms with Crippen LogP contribution >= 0.6 is 11.8 Å². The molecule has 0 unspecified atom stereocenters. The van der Waals surface area contributed by atoms with Crippen LogP contribution in [0.25, 0.3) is 0 Å². The summed E-state index contributed by atoms with van der Waals surface area (Å²) < 4.78 is 6.48. The molecule has 4 heteroatoms. The highest BCUT2D eigenvalue weighted by atomic mass is 32.2. The third-order valence-corrected chi connectivity index (χ3v) is 9.56. The van der Waals surface area contributed by atoms with Gasteiger partial charge in [-0.05, 0) is 37.4 Å². The summed E-state index contributed by atoms with van der Waals surface area (Å²) in [5.41, 5.74) is 0. The van der Waals surface area contributed by atoms with Crippen molar-refractivity contribution in [3.63, 3.8) is 0 Å². The van der Waals surface area contributed by atoms with Gasteiger partial charge in [0.15, 0.2) is 13.4 Å². The molecule has 0 aliphatic heterocycles. The molecule has 0 aromatic rings. The second-order valence-electron chi connectivity index (χ2n) is 8.51. The van der Waals surface area contributed by atoms with E-state index in [1.807, 2.05) is 6.08 Å². The average molecular weight is 345 g/mol. The molecule has 0 aliphatic rings. The maximum atomic E-state index is 12.3. The second kappa shape index (κ2) is 8.70. The first-order valence-corrected chi connectivity index (χ1v) is 12.0. The van der Waals surface area contributed by atoms with Crippen LogP contribution in [0.1, 0.15) is 67.2 Å². The van der Waals surface area contributed by atoms with Crippen molar-refractivity contribution in [3.8, 4) is 0 Å². The Balaban J connectivity index is 4.82. The van der Waals surface area contributed by atoms with Gasteiger partial charge in [0.2, 0.25) is 0 Å². The van der Waals surface area contributed by atoms with E-state index < -0.39 is 8.32 Å². The summed E-state index contributed by atoms with van der Waals surface area (Å²) in [5, 5.41) is 0.416. The minimum Gasteiger partial charge on any atom is -0.413 e. The Bertz CT molecular complexity index is 364. The Labute approximate surface area is 143 Å². The summed E-state index contributed by atoms with van der Waals surface area (Å²) in [5.74, 6) is 0. The largest absolute Gasteiger partial charge is 0.413 e. The van der Waals surface area contributed by atoms with Crippen LogP contribution in [0.15, 0.2) is 12.7 Å². The van der Waals surface area contributed by atoms with Crippen LogP contribution in [-0.2, 0) is 9.22 Å². The standard InChI is InChI=1S/C18H36O2SSi/c1-10-11-12-13-15(14-16(19)21-17(2,3)4)20-22(8,9)18(5,6)7/h10,15H,1,11-14H2,2-9H3/t15-/m0/s1. The van der Waals surface area contributed by atoms with Gasteiger partial charge in [-0.3, -0.25) is 4.79 Å². The first-order chi connectivity index (χ1) is 9.78. The average Bonchev–Trinajstić information content (AvgIpc) is 2.24. The number of allylic oxidation sites excluding steroid dienone is 1. The predicted molar refractivity (Wildman–Crippen MR) is 103 cm³/mol. The van der Waals surface area contributed by atoms with E-state index in [1.54, 1.807) is 0 Å². The fourth-order valence-corrected chi connectivity index (χ4v) is 4.20. The van der Waals surface area contributed by atoms with E-state index in [1.165, 1.54) is 11.8 Å². The minimum absolute atomic E-state index is 0.0281. The molecule has 0 heterocycles. The van der Waals surface area contributed by atoms with E-state index >= 15 is 0 Å². The topological polar surface area (TPSA) is 26.3 Å². The lowest BCUT2D eigenvalue weighted by Gasteiger charge is -2.39. The van der Waals surface area contributed by atoms with Crippen molar-refractivity contribution in [1.29, 1.82) is 0 Å². The molecule has 0 bridgehead atoms. The Morgan fingerprint density at radius 2 is 1.77 bits per heavy atom. The second-order valence-corrected chi connectivity index (χ2v) is 15.2. The van der Waals surface area contributed by atoms with Crippen molar-refractivity contribution in [2.24, 2.45) is 0 Å². The van der Waals surface area contributed by atoms with Crippen LogP contribution in [0.2, 0.25) is 18.1 Å². The van der Waals surface area contributed by atoms with Crippen LogP contribution in [0.5, 0.6) is 0 Å². The molecule has 0 rings (SSSR count). The zero-order chi connectivity index (χ0) is 17.6. The van der Waals surface area contributed by atoms with Crippen molar-refractivity contribution >= 4 is 25.2 Å². The molecular weight excluding hydrogens is 308 g/mol. The molecule has 0 aliphatic carbocycles. The number of carbonyl (C=O) groups excluding carboxylic acids is 1. The van der Waals surface area contributed by atoms with E-state index in [-0.39, 0.29) is 21.0 Å². The summed E-state index contributed by atoms with van der Waals surface area (Å²) in [4.78, 5) is 12.3. The molecule has 2 nitrogen and oxygen atoms in total. The number of thioether (sulfide) groups is 1. The third-order valence-electron chi connectivity index (χ3n) is 4.02. The molecule has 0 spiro atoms. The fraction of sp³-hybridized carbons (Fsp3) is 0.833. The summed E-state index contributed by atoms with van der Waals surface area (Å²) in [6.45, 7) is 21.3. The highest BCUT2D eigenvalue weighted by Gasteiger charge is 2.39. The van der Waals surface area contributed by atoms with Gasteiger partial charge in [-0.2, -0.15) is 0 Å². The summed E-state index contributed by atoms with van der Waals surface area (Å²) in [6, 6.07) is 0. The maximum absolute atomic E-state index is 12.3. The fourth-order valence-electron chi connectivity index (χ4n) is 1.86. The third kappa shape index (κ3) is 9.16. The number of rotatable bonds is 8. The molecule has 0 N–H and O–H groups in total. The van der Waals surface area contributed by atoms with Gasteiger partial charge in [-0.25, -0.2) is 0 Å². The lowest BCUT2D eigenvalue weighted by molar-refractivity contribution is -0.112. The van der Waals surface area contributed by atoms with Crippen molar-refractivity contribution in [2.75, 3.05) is 0 Å². The van der Waals surface area contributed by atoms with E-state index in [0.29, 0.717) is 6.42 Å². The van der Waals surface area contributed by atoms with Crippen LogP contribution < -0.4 is 0 Å². The van der Waals surface area contributed by atoms with Gasteiger partial charge >= 0.3 is 0 Å². The summed E-state index contributed by atoms with van der Waals surface area (Å²) in [7, 11) is -1.84. The molecule has 22 heavy (non-hydrogen) atoms. The lowest BCUT2D eigenvalue weighted by atomic mass is 10.1. The number of hydrogen-bond donors (Lipinski definition) is 0. The summed E-state index contributed by atoms with van der Waals surface area (Å²) in [6.07, 6.45) is 5.47. The molecule has 1 atom stereocenters. The zero-order valence-electron chi connectivity index (χ0n) is 15.9. The van der Waals surface area contributed by atoms with E-state index in [4.69, 9.17) is 4.43 Å². The molecular formula is C18H36O2SSi. The predicted octanol–water partition coefficient (Wildman–Crippen LogP) is 6.18. The normalized spacial score (nSPS) is 14.7. The molecule has 0 aromatic carbocycles. The molecule has 0 saturated heterocycles. The maximum Gasteiger partial charge on any atom is 0.192 e. The molecule has 0 fully saturated rings. The van der Waals surface area contributed by atoms with Gasteiger partial charge in [0.05, 0.1) is 6.10 Å². The van der Waals surface area contributed by atoms with Crippen LogP contribution in [0, 0.1) is 0 Å². The Morgan fingerprint density at radius 1 is 1.23 bits per heavy atom. The van der Waals surface area contributed by atoms with Gasteiger partial charge in [0.25, 0.3) is 0 Å².